The van der Waals surface area contributed by atoms with E-state index in [-0.39, 0.29) is 10.8 Å². The van der Waals surface area contributed by atoms with Crippen molar-refractivity contribution in [3.05, 3.63) is 29.8 Å². The van der Waals surface area contributed by atoms with E-state index >= 15 is 0 Å². The van der Waals surface area contributed by atoms with Crippen molar-refractivity contribution in [2.24, 2.45) is 5.92 Å². The molecule has 1 aromatic carbocycles. The summed E-state index contributed by atoms with van der Waals surface area (Å²) in [4.78, 5) is 0.274. The Labute approximate surface area is 97.0 Å². The molecule has 16 heavy (non-hydrogen) atoms. The van der Waals surface area contributed by atoms with Crippen LogP contribution in [0, 0.1) is 5.92 Å². The van der Waals surface area contributed by atoms with Crippen molar-refractivity contribution in [1.29, 1.82) is 0 Å². The van der Waals surface area contributed by atoms with E-state index in [9.17, 15) is 13.5 Å². The summed E-state index contributed by atoms with van der Waals surface area (Å²) in [5.74, 6) is 0.0663. The monoisotopic (exact) mass is 242 g/mol. The Hall–Kier alpha value is -0.870. The summed E-state index contributed by atoms with van der Waals surface area (Å²) in [6.45, 7) is 5.57. The maximum Gasteiger partial charge on any atom is 0.175 e. The van der Waals surface area contributed by atoms with E-state index in [0.29, 0.717) is 0 Å². The van der Waals surface area contributed by atoms with Crippen molar-refractivity contribution in [2.75, 3.05) is 6.26 Å². The zero-order valence-corrected chi connectivity index (χ0v) is 10.9. The van der Waals surface area contributed by atoms with Crippen LogP contribution >= 0.6 is 0 Å². The van der Waals surface area contributed by atoms with Crippen LogP contribution in [0.3, 0.4) is 0 Å². The summed E-state index contributed by atoms with van der Waals surface area (Å²) in [5.41, 5.74) is -0.203. The van der Waals surface area contributed by atoms with Gasteiger partial charge in [-0.25, -0.2) is 8.42 Å². The Morgan fingerprint density at radius 2 is 1.62 bits per heavy atom. The van der Waals surface area contributed by atoms with Crippen LogP contribution in [0.5, 0.6) is 0 Å². The van der Waals surface area contributed by atoms with E-state index in [1.807, 2.05) is 13.8 Å². The fourth-order valence-corrected chi connectivity index (χ4v) is 2.00. The number of hydrogen-bond acceptors (Lipinski definition) is 3. The van der Waals surface area contributed by atoms with Gasteiger partial charge in [-0.05, 0) is 30.5 Å². The second kappa shape index (κ2) is 4.18. The predicted molar refractivity (Wildman–Crippen MR) is 64.0 cm³/mol. The summed E-state index contributed by atoms with van der Waals surface area (Å²) in [6, 6.07) is 6.38. The van der Waals surface area contributed by atoms with Crippen LogP contribution in [0.25, 0.3) is 0 Å². The summed E-state index contributed by atoms with van der Waals surface area (Å²) >= 11 is 0. The van der Waals surface area contributed by atoms with Gasteiger partial charge in [0, 0.05) is 6.26 Å². The predicted octanol–water partition coefficient (Wildman–Crippen LogP) is 1.95. The van der Waals surface area contributed by atoms with E-state index in [0.717, 1.165) is 5.56 Å². The molecule has 0 saturated carbocycles. The molecule has 1 atom stereocenters. The molecule has 0 saturated heterocycles. The molecule has 1 aromatic rings. The molecule has 0 aliphatic heterocycles. The summed E-state index contributed by atoms with van der Waals surface area (Å²) < 4.78 is 22.5. The molecule has 1 rings (SSSR count). The van der Waals surface area contributed by atoms with Gasteiger partial charge in [-0.1, -0.05) is 26.0 Å². The lowest BCUT2D eigenvalue weighted by molar-refractivity contribution is 0.00900. The molecular formula is C12H18O3S. The van der Waals surface area contributed by atoms with Gasteiger partial charge in [-0.3, -0.25) is 0 Å². The maximum absolute atomic E-state index is 11.3. The average molecular weight is 242 g/mol. The number of sulfone groups is 1. The Morgan fingerprint density at radius 3 is 1.94 bits per heavy atom. The molecule has 0 aliphatic carbocycles. The van der Waals surface area contributed by atoms with Crippen molar-refractivity contribution >= 4 is 9.84 Å². The number of hydrogen-bond donors (Lipinski definition) is 1. The van der Waals surface area contributed by atoms with Gasteiger partial charge in [-0.15, -0.1) is 0 Å². The zero-order valence-electron chi connectivity index (χ0n) is 10.1. The third-order valence-corrected chi connectivity index (χ3v) is 4.12. The molecule has 0 spiro atoms. The maximum atomic E-state index is 11.3. The van der Waals surface area contributed by atoms with E-state index in [2.05, 4.69) is 0 Å². The molecular weight excluding hydrogens is 224 g/mol. The van der Waals surface area contributed by atoms with Gasteiger partial charge in [-0.2, -0.15) is 0 Å². The second-order valence-corrected chi connectivity index (χ2v) is 6.61. The van der Waals surface area contributed by atoms with Gasteiger partial charge < -0.3 is 5.11 Å². The topological polar surface area (TPSA) is 54.4 Å². The second-order valence-electron chi connectivity index (χ2n) is 4.60. The molecule has 1 N–H and O–H groups in total. The lowest BCUT2D eigenvalue weighted by Crippen LogP contribution is -2.27. The first kappa shape index (κ1) is 13.2. The lowest BCUT2D eigenvalue weighted by Gasteiger charge is -2.28. The van der Waals surface area contributed by atoms with Gasteiger partial charge in [0.25, 0.3) is 0 Å². The third-order valence-electron chi connectivity index (χ3n) is 2.99. The van der Waals surface area contributed by atoms with Crippen LogP contribution in [-0.2, 0) is 15.4 Å². The van der Waals surface area contributed by atoms with Crippen molar-refractivity contribution in [3.63, 3.8) is 0 Å². The Balaban J connectivity index is 3.14. The molecule has 0 radical (unpaired) electrons. The first-order chi connectivity index (χ1) is 7.15. The van der Waals surface area contributed by atoms with Crippen molar-refractivity contribution in [2.45, 2.75) is 31.3 Å². The fourth-order valence-electron chi connectivity index (χ4n) is 1.37. The minimum absolute atomic E-state index is 0.0663. The van der Waals surface area contributed by atoms with Crippen LogP contribution in [0.4, 0.5) is 0 Å². The van der Waals surface area contributed by atoms with Gasteiger partial charge in [0.15, 0.2) is 9.84 Å². The molecule has 0 heterocycles. The highest BCUT2D eigenvalue weighted by molar-refractivity contribution is 7.90. The van der Waals surface area contributed by atoms with Crippen LogP contribution in [0.2, 0.25) is 0 Å². The Kier molecular flexibility index (Phi) is 3.45. The van der Waals surface area contributed by atoms with E-state index in [1.54, 1.807) is 19.1 Å². The van der Waals surface area contributed by atoms with Gasteiger partial charge in [0.2, 0.25) is 0 Å². The molecule has 4 heteroatoms. The van der Waals surface area contributed by atoms with Crippen molar-refractivity contribution in [3.8, 4) is 0 Å². The van der Waals surface area contributed by atoms with Gasteiger partial charge >= 0.3 is 0 Å². The van der Waals surface area contributed by atoms with Gasteiger partial charge in [0.05, 0.1) is 10.5 Å². The molecule has 0 amide bonds. The molecule has 1 unspecified atom stereocenters. The standard InChI is InChI=1S/C12H18O3S/c1-9(2)12(3,13)10-5-7-11(8-6-10)16(4,14)15/h5-9,13H,1-4H3. The highest BCUT2D eigenvalue weighted by atomic mass is 32.2. The number of benzene rings is 1. The summed E-state index contributed by atoms with van der Waals surface area (Å²) in [6.07, 6.45) is 1.17. The fraction of sp³-hybridized carbons (Fsp3) is 0.500. The third kappa shape index (κ3) is 2.62. The molecule has 0 aliphatic rings. The highest BCUT2D eigenvalue weighted by Gasteiger charge is 2.27. The molecule has 3 nitrogen and oxygen atoms in total. The number of aliphatic hydroxyl groups is 1. The van der Waals surface area contributed by atoms with Crippen LogP contribution in [0.15, 0.2) is 29.2 Å². The minimum Gasteiger partial charge on any atom is -0.385 e. The minimum atomic E-state index is -3.17. The molecule has 0 fully saturated rings. The lowest BCUT2D eigenvalue weighted by atomic mass is 9.85. The van der Waals surface area contributed by atoms with Crippen LogP contribution < -0.4 is 0 Å². The summed E-state index contributed by atoms with van der Waals surface area (Å²) in [5, 5.41) is 10.2. The van der Waals surface area contributed by atoms with Crippen LogP contribution in [0.1, 0.15) is 26.3 Å². The van der Waals surface area contributed by atoms with Crippen LogP contribution in [-0.4, -0.2) is 19.8 Å². The largest absolute Gasteiger partial charge is 0.385 e. The van der Waals surface area contributed by atoms with E-state index < -0.39 is 15.4 Å². The average Bonchev–Trinajstić information content (AvgIpc) is 2.16. The van der Waals surface area contributed by atoms with Crippen molar-refractivity contribution in [1.82, 2.24) is 0 Å². The van der Waals surface area contributed by atoms with E-state index in [1.165, 1.54) is 18.4 Å². The smallest absolute Gasteiger partial charge is 0.175 e. The van der Waals surface area contributed by atoms with Gasteiger partial charge in [0.1, 0.15) is 0 Å². The SMILES string of the molecule is CC(C)C(C)(O)c1ccc(S(C)(=O)=O)cc1. The Bertz CT molecular complexity index is 456. The first-order valence-electron chi connectivity index (χ1n) is 5.18. The quantitative estimate of drug-likeness (QED) is 0.881. The zero-order chi connectivity index (χ0) is 12.6. The molecule has 90 valence electrons. The molecule has 0 aromatic heterocycles. The molecule has 0 bridgehead atoms. The first-order valence-corrected chi connectivity index (χ1v) is 7.08. The normalized spacial score (nSPS) is 16.1. The van der Waals surface area contributed by atoms with Crippen molar-refractivity contribution < 1.29 is 13.5 Å². The summed E-state index contributed by atoms with van der Waals surface area (Å²) in [7, 11) is -3.17. The highest BCUT2D eigenvalue weighted by Crippen LogP contribution is 2.29. The Morgan fingerprint density at radius 1 is 1.19 bits per heavy atom. The van der Waals surface area contributed by atoms with E-state index in [4.69, 9.17) is 0 Å². The number of rotatable bonds is 3.